The third-order valence-corrected chi connectivity index (χ3v) is 3.17. The molecule has 0 saturated heterocycles. The van der Waals surface area contributed by atoms with Gasteiger partial charge < -0.3 is 9.73 Å². The molecule has 2 aromatic heterocycles. The van der Waals surface area contributed by atoms with Crippen molar-refractivity contribution in [3.8, 4) is 0 Å². The van der Waals surface area contributed by atoms with Gasteiger partial charge in [-0.2, -0.15) is 4.98 Å². The molecule has 0 radical (unpaired) electrons. The second-order valence-electron chi connectivity index (χ2n) is 4.54. The van der Waals surface area contributed by atoms with E-state index in [4.69, 9.17) is 16.0 Å². The summed E-state index contributed by atoms with van der Waals surface area (Å²) in [4.78, 5) is 8.40. The minimum Gasteiger partial charge on any atom is -0.451 e. The van der Waals surface area contributed by atoms with Crippen LogP contribution in [0.2, 0.25) is 5.28 Å². The first-order valence-electron chi connectivity index (χ1n) is 6.64. The van der Waals surface area contributed by atoms with Gasteiger partial charge in [0.2, 0.25) is 5.28 Å². The number of benzene rings is 1. The maximum absolute atomic E-state index is 5.97. The molecule has 0 aliphatic heterocycles. The van der Waals surface area contributed by atoms with E-state index in [2.05, 4.69) is 15.3 Å². The highest BCUT2D eigenvalue weighted by Crippen LogP contribution is 2.26. The second kappa shape index (κ2) is 5.97. The molecule has 3 aromatic rings. The van der Waals surface area contributed by atoms with Gasteiger partial charge in [-0.1, -0.05) is 36.4 Å². The van der Waals surface area contributed by atoms with Gasteiger partial charge in [0, 0.05) is 12.6 Å². The number of halogens is 1. The van der Waals surface area contributed by atoms with Gasteiger partial charge in [0.15, 0.2) is 11.4 Å². The molecule has 5 heteroatoms. The minimum absolute atomic E-state index is 0.200. The first-order chi connectivity index (χ1) is 10.3. The lowest BCUT2D eigenvalue weighted by molar-refractivity contribution is 0.603. The zero-order valence-electron chi connectivity index (χ0n) is 11.5. The summed E-state index contributed by atoms with van der Waals surface area (Å²) in [6.07, 6.45) is 3.78. The maximum atomic E-state index is 5.97. The van der Waals surface area contributed by atoms with Crippen molar-refractivity contribution in [1.82, 2.24) is 9.97 Å². The molecular weight excluding hydrogens is 286 g/mol. The molecule has 0 bridgehead atoms. The predicted molar refractivity (Wildman–Crippen MR) is 85.3 cm³/mol. The average Bonchev–Trinajstić information content (AvgIpc) is 2.88. The summed E-state index contributed by atoms with van der Waals surface area (Å²) in [6, 6.07) is 11.9. The molecule has 1 aromatic carbocycles. The molecule has 0 aliphatic carbocycles. The number of hydrogen-bond donors (Lipinski definition) is 1. The lowest BCUT2D eigenvalue weighted by Gasteiger charge is -2.06. The van der Waals surface area contributed by atoms with Crippen LogP contribution in [0.5, 0.6) is 0 Å². The first kappa shape index (κ1) is 13.6. The van der Waals surface area contributed by atoms with Crippen LogP contribution in [0, 0.1) is 0 Å². The van der Waals surface area contributed by atoms with Crippen LogP contribution >= 0.6 is 11.6 Å². The van der Waals surface area contributed by atoms with Crippen LogP contribution in [-0.2, 0) is 6.54 Å². The van der Waals surface area contributed by atoms with Gasteiger partial charge in [0.1, 0.15) is 11.3 Å². The summed E-state index contributed by atoms with van der Waals surface area (Å²) in [5.41, 5.74) is 2.46. The van der Waals surface area contributed by atoms with E-state index < -0.39 is 0 Å². The third-order valence-electron chi connectivity index (χ3n) is 3.00. The highest BCUT2D eigenvalue weighted by atomic mass is 35.5. The van der Waals surface area contributed by atoms with Crippen LogP contribution < -0.4 is 5.32 Å². The van der Waals surface area contributed by atoms with Gasteiger partial charge in [-0.25, -0.2) is 4.98 Å². The number of fused-ring (bicyclic) bond motifs is 1. The van der Waals surface area contributed by atoms with Crippen molar-refractivity contribution in [1.29, 1.82) is 0 Å². The van der Waals surface area contributed by atoms with Gasteiger partial charge >= 0.3 is 0 Å². The molecule has 0 amide bonds. The highest BCUT2D eigenvalue weighted by molar-refractivity contribution is 6.28. The predicted octanol–water partition coefficient (Wildman–Crippen LogP) is 4.52. The van der Waals surface area contributed by atoms with E-state index in [0.717, 1.165) is 11.3 Å². The third kappa shape index (κ3) is 3.06. The Morgan fingerprint density at radius 1 is 1.24 bits per heavy atom. The smallest absolute Gasteiger partial charge is 0.225 e. The Hall–Kier alpha value is -2.33. The summed E-state index contributed by atoms with van der Waals surface area (Å²) < 4.78 is 5.75. The molecule has 0 saturated carbocycles. The van der Waals surface area contributed by atoms with E-state index in [1.807, 2.05) is 55.5 Å². The molecule has 0 atom stereocenters. The van der Waals surface area contributed by atoms with Crippen molar-refractivity contribution in [3.63, 3.8) is 0 Å². The standard InChI is InChI=1S/C16H14ClN3O/c1-2-6-12-9-13-14(21-12)15(20-16(17)19-13)18-10-11-7-4-3-5-8-11/h2-9H,10H2,1H3,(H,18,19,20). The average molecular weight is 300 g/mol. The molecular formula is C16H14ClN3O. The number of nitrogens with zero attached hydrogens (tertiary/aromatic N) is 2. The van der Waals surface area contributed by atoms with Crippen molar-refractivity contribution in [3.05, 3.63) is 59.1 Å². The van der Waals surface area contributed by atoms with Gasteiger partial charge in [-0.3, -0.25) is 0 Å². The summed E-state index contributed by atoms with van der Waals surface area (Å²) in [5, 5.41) is 3.45. The number of furan rings is 1. The number of hydrogen-bond acceptors (Lipinski definition) is 4. The van der Waals surface area contributed by atoms with E-state index in [-0.39, 0.29) is 5.28 Å². The molecule has 21 heavy (non-hydrogen) atoms. The Morgan fingerprint density at radius 3 is 2.81 bits per heavy atom. The molecule has 4 nitrogen and oxygen atoms in total. The summed E-state index contributed by atoms with van der Waals surface area (Å²) in [6.45, 7) is 2.57. The molecule has 3 rings (SSSR count). The quantitative estimate of drug-likeness (QED) is 0.720. The van der Waals surface area contributed by atoms with Crippen molar-refractivity contribution < 1.29 is 4.42 Å². The molecule has 1 N–H and O–H groups in total. The number of nitrogens with one attached hydrogen (secondary N) is 1. The van der Waals surface area contributed by atoms with Gasteiger partial charge in [0.25, 0.3) is 0 Å². The number of rotatable bonds is 4. The lowest BCUT2D eigenvalue weighted by Crippen LogP contribution is -2.02. The molecule has 0 aliphatic rings. The van der Waals surface area contributed by atoms with Crippen molar-refractivity contribution in [2.75, 3.05) is 5.32 Å². The normalized spacial score (nSPS) is 11.3. The number of anilines is 1. The fourth-order valence-electron chi connectivity index (χ4n) is 2.07. The fraction of sp³-hybridized carbons (Fsp3) is 0.125. The Kier molecular flexibility index (Phi) is 3.88. The topological polar surface area (TPSA) is 51.0 Å². The van der Waals surface area contributed by atoms with Gasteiger partial charge in [-0.05, 0) is 30.2 Å². The van der Waals surface area contributed by atoms with E-state index in [1.165, 1.54) is 0 Å². The lowest BCUT2D eigenvalue weighted by atomic mass is 10.2. The minimum atomic E-state index is 0.200. The summed E-state index contributed by atoms with van der Waals surface area (Å²) in [7, 11) is 0. The largest absolute Gasteiger partial charge is 0.451 e. The van der Waals surface area contributed by atoms with Crippen molar-refractivity contribution in [2.24, 2.45) is 0 Å². The van der Waals surface area contributed by atoms with Crippen molar-refractivity contribution in [2.45, 2.75) is 13.5 Å². The zero-order valence-corrected chi connectivity index (χ0v) is 12.3. The Bertz CT molecular complexity index is 781. The van der Waals surface area contributed by atoms with Crippen LogP contribution in [0.15, 0.2) is 46.9 Å². The summed E-state index contributed by atoms with van der Waals surface area (Å²) in [5.74, 6) is 1.33. The van der Waals surface area contributed by atoms with E-state index in [0.29, 0.717) is 23.5 Å². The number of allylic oxidation sites excluding steroid dienone is 1. The Balaban J connectivity index is 1.93. The number of aromatic nitrogens is 2. The molecule has 0 fully saturated rings. The SMILES string of the molecule is CC=Cc1cc2nc(Cl)nc(NCc3ccccc3)c2o1. The maximum Gasteiger partial charge on any atom is 0.225 e. The summed E-state index contributed by atoms with van der Waals surface area (Å²) >= 11 is 5.97. The highest BCUT2D eigenvalue weighted by Gasteiger charge is 2.11. The van der Waals surface area contributed by atoms with Crippen LogP contribution in [0.3, 0.4) is 0 Å². The molecule has 0 spiro atoms. The van der Waals surface area contributed by atoms with Gasteiger partial charge in [0.05, 0.1) is 0 Å². The fourth-order valence-corrected chi connectivity index (χ4v) is 2.24. The van der Waals surface area contributed by atoms with Crippen LogP contribution in [0.1, 0.15) is 18.2 Å². The Morgan fingerprint density at radius 2 is 2.05 bits per heavy atom. The monoisotopic (exact) mass is 299 g/mol. The molecule has 106 valence electrons. The van der Waals surface area contributed by atoms with E-state index in [9.17, 15) is 0 Å². The van der Waals surface area contributed by atoms with Crippen LogP contribution in [-0.4, -0.2) is 9.97 Å². The second-order valence-corrected chi connectivity index (χ2v) is 4.88. The van der Waals surface area contributed by atoms with E-state index in [1.54, 1.807) is 0 Å². The van der Waals surface area contributed by atoms with Crippen LogP contribution in [0.4, 0.5) is 5.82 Å². The van der Waals surface area contributed by atoms with Crippen molar-refractivity contribution >= 4 is 34.6 Å². The Labute approximate surface area is 127 Å². The van der Waals surface area contributed by atoms with Crippen LogP contribution in [0.25, 0.3) is 17.2 Å². The first-order valence-corrected chi connectivity index (χ1v) is 7.01. The molecule has 0 unspecified atom stereocenters. The molecule has 2 heterocycles. The zero-order chi connectivity index (χ0) is 14.7. The van der Waals surface area contributed by atoms with Gasteiger partial charge in [-0.15, -0.1) is 0 Å². The van der Waals surface area contributed by atoms with E-state index >= 15 is 0 Å².